The molecule has 2 aliphatic heterocycles. The smallest absolute Gasteiger partial charge is 0.272 e. The summed E-state index contributed by atoms with van der Waals surface area (Å²) in [4.78, 5) is 25.1. The summed E-state index contributed by atoms with van der Waals surface area (Å²) in [5.74, 6) is 1.32. The zero-order valence-electron chi connectivity index (χ0n) is 15.4. The number of rotatable bonds is 3. The number of aromatic amines is 1. The summed E-state index contributed by atoms with van der Waals surface area (Å²) in [6.07, 6.45) is 5.59. The highest BCUT2D eigenvalue weighted by atomic mass is 16.5. The Kier molecular flexibility index (Phi) is 4.78. The molecule has 26 heavy (non-hydrogen) atoms. The zero-order valence-corrected chi connectivity index (χ0v) is 15.4. The first-order chi connectivity index (χ1) is 12.6. The Bertz CT molecular complexity index is 761. The second kappa shape index (κ2) is 7.20. The van der Waals surface area contributed by atoms with Crippen molar-refractivity contribution in [2.45, 2.75) is 24.8 Å². The van der Waals surface area contributed by atoms with Crippen molar-refractivity contribution in [3.63, 3.8) is 0 Å². The molecule has 1 unspecified atom stereocenters. The molecule has 0 spiro atoms. The first kappa shape index (κ1) is 17.2. The van der Waals surface area contributed by atoms with Gasteiger partial charge in [-0.15, -0.1) is 0 Å². The van der Waals surface area contributed by atoms with Crippen molar-refractivity contribution in [2.75, 3.05) is 39.9 Å². The topological polar surface area (TPSA) is 79.3 Å². The van der Waals surface area contributed by atoms with Gasteiger partial charge in [0.1, 0.15) is 11.5 Å². The lowest BCUT2D eigenvalue weighted by Gasteiger charge is -2.35. The van der Waals surface area contributed by atoms with Crippen LogP contribution >= 0.6 is 0 Å². The van der Waals surface area contributed by atoms with Gasteiger partial charge in [-0.05, 0) is 39.0 Å². The van der Waals surface area contributed by atoms with Crippen molar-refractivity contribution < 1.29 is 9.53 Å². The van der Waals surface area contributed by atoms with Gasteiger partial charge in [-0.3, -0.25) is 9.48 Å². The van der Waals surface area contributed by atoms with E-state index in [1.165, 1.54) is 0 Å². The molecule has 0 aliphatic carbocycles. The molecule has 0 radical (unpaired) electrons. The number of nitrogens with one attached hydrogen (secondary N) is 1. The van der Waals surface area contributed by atoms with Crippen molar-refractivity contribution in [1.29, 1.82) is 0 Å². The molecule has 2 aromatic heterocycles. The number of aryl methyl sites for hydroxylation is 1. The van der Waals surface area contributed by atoms with Gasteiger partial charge >= 0.3 is 0 Å². The molecule has 1 amide bonds. The Labute approximate surface area is 153 Å². The molecule has 2 aliphatic rings. The fraction of sp³-hybridized carbons (Fsp3) is 0.611. The van der Waals surface area contributed by atoms with E-state index in [4.69, 9.17) is 4.74 Å². The van der Waals surface area contributed by atoms with Gasteiger partial charge in [-0.25, -0.2) is 4.98 Å². The number of carbonyl (C=O) groups excluding carboxylic acids is 1. The van der Waals surface area contributed by atoms with Crippen LogP contribution in [-0.4, -0.2) is 75.4 Å². The fourth-order valence-electron chi connectivity index (χ4n) is 3.89. The van der Waals surface area contributed by atoms with Crippen LogP contribution in [0.1, 0.15) is 46.8 Å². The van der Waals surface area contributed by atoms with E-state index in [1.807, 2.05) is 18.0 Å². The third-order valence-corrected chi connectivity index (χ3v) is 5.52. The van der Waals surface area contributed by atoms with Gasteiger partial charge in [0.25, 0.3) is 5.91 Å². The SMILES string of the molecule is CN1CCC(c2ncc(C(=O)N3CCOCC3c3ccnn3C)[nH]2)CC1. The predicted octanol–water partition coefficient (Wildman–Crippen LogP) is 1.17. The monoisotopic (exact) mass is 358 g/mol. The van der Waals surface area contributed by atoms with E-state index in [2.05, 4.69) is 27.0 Å². The van der Waals surface area contributed by atoms with E-state index in [1.54, 1.807) is 17.1 Å². The highest BCUT2D eigenvalue weighted by Crippen LogP contribution is 2.28. The molecule has 2 fully saturated rings. The van der Waals surface area contributed by atoms with Gasteiger partial charge in [-0.2, -0.15) is 5.10 Å². The third-order valence-electron chi connectivity index (χ3n) is 5.52. The highest BCUT2D eigenvalue weighted by molar-refractivity contribution is 5.92. The van der Waals surface area contributed by atoms with Crippen LogP contribution in [0, 0.1) is 0 Å². The maximum Gasteiger partial charge on any atom is 0.272 e. The number of piperidine rings is 1. The number of hydrogen-bond donors (Lipinski definition) is 1. The largest absolute Gasteiger partial charge is 0.377 e. The van der Waals surface area contributed by atoms with Crippen molar-refractivity contribution in [3.05, 3.63) is 35.7 Å². The molecule has 2 saturated heterocycles. The fourth-order valence-corrected chi connectivity index (χ4v) is 3.89. The number of aromatic nitrogens is 4. The zero-order chi connectivity index (χ0) is 18.1. The summed E-state index contributed by atoms with van der Waals surface area (Å²) >= 11 is 0. The van der Waals surface area contributed by atoms with Crippen LogP contribution in [-0.2, 0) is 11.8 Å². The van der Waals surface area contributed by atoms with Gasteiger partial charge in [0.05, 0.1) is 31.1 Å². The molecular formula is C18H26N6O2. The van der Waals surface area contributed by atoms with Gasteiger partial charge in [0.15, 0.2) is 0 Å². The van der Waals surface area contributed by atoms with Crippen LogP contribution in [0.5, 0.6) is 0 Å². The molecule has 0 aromatic carbocycles. The van der Waals surface area contributed by atoms with Crippen LogP contribution in [0.4, 0.5) is 0 Å². The van der Waals surface area contributed by atoms with Gasteiger partial charge < -0.3 is 19.5 Å². The van der Waals surface area contributed by atoms with Crippen LogP contribution in [0.25, 0.3) is 0 Å². The number of imidazole rings is 1. The van der Waals surface area contributed by atoms with E-state index < -0.39 is 0 Å². The lowest BCUT2D eigenvalue weighted by molar-refractivity contribution is -0.00520. The normalized spacial score (nSPS) is 22.7. The molecular weight excluding hydrogens is 332 g/mol. The third kappa shape index (κ3) is 3.26. The summed E-state index contributed by atoms with van der Waals surface area (Å²) in [7, 11) is 4.03. The summed E-state index contributed by atoms with van der Waals surface area (Å²) in [6, 6.07) is 1.81. The number of H-pyrrole nitrogens is 1. The second-order valence-corrected chi connectivity index (χ2v) is 7.23. The minimum atomic E-state index is -0.126. The van der Waals surface area contributed by atoms with Crippen molar-refractivity contribution in [3.8, 4) is 0 Å². The van der Waals surface area contributed by atoms with E-state index in [9.17, 15) is 4.79 Å². The highest BCUT2D eigenvalue weighted by Gasteiger charge is 2.32. The van der Waals surface area contributed by atoms with Crippen molar-refractivity contribution in [2.24, 2.45) is 7.05 Å². The predicted molar refractivity (Wildman–Crippen MR) is 95.9 cm³/mol. The lowest BCUT2D eigenvalue weighted by atomic mass is 9.97. The number of likely N-dealkylation sites (tertiary alicyclic amines) is 1. The van der Waals surface area contributed by atoms with Gasteiger partial charge in [-0.1, -0.05) is 0 Å². The Hall–Kier alpha value is -2.19. The average Bonchev–Trinajstić information content (AvgIpc) is 3.31. The number of nitrogens with zero attached hydrogens (tertiary/aromatic N) is 5. The van der Waals surface area contributed by atoms with Gasteiger partial charge in [0.2, 0.25) is 0 Å². The van der Waals surface area contributed by atoms with Gasteiger partial charge in [0, 0.05) is 25.7 Å². The van der Waals surface area contributed by atoms with Crippen molar-refractivity contribution >= 4 is 5.91 Å². The molecule has 1 atom stereocenters. The van der Waals surface area contributed by atoms with E-state index in [0.717, 1.165) is 37.4 Å². The molecule has 4 heterocycles. The molecule has 4 rings (SSSR count). The molecule has 8 nitrogen and oxygen atoms in total. The number of hydrogen-bond acceptors (Lipinski definition) is 5. The van der Waals surface area contributed by atoms with E-state index >= 15 is 0 Å². The average molecular weight is 358 g/mol. The molecule has 8 heteroatoms. The first-order valence-electron chi connectivity index (χ1n) is 9.23. The number of ether oxygens (including phenoxy) is 1. The molecule has 140 valence electrons. The quantitative estimate of drug-likeness (QED) is 0.891. The van der Waals surface area contributed by atoms with Crippen LogP contribution in [0.2, 0.25) is 0 Å². The summed E-state index contributed by atoms with van der Waals surface area (Å²) in [5.41, 5.74) is 1.54. The molecule has 1 N–H and O–H groups in total. The summed E-state index contributed by atoms with van der Waals surface area (Å²) in [6.45, 7) is 3.75. The van der Waals surface area contributed by atoms with Crippen LogP contribution < -0.4 is 0 Å². The standard InChI is InChI=1S/C18H26N6O2/c1-22-7-4-13(5-8-22)17-19-11-14(21-17)18(25)24-9-10-26-12-16(24)15-3-6-20-23(15)2/h3,6,11,13,16H,4-5,7-10,12H2,1-2H3,(H,19,21). The Morgan fingerprint density at radius 3 is 2.81 bits per heavy atom. The number of morpholine rings is 1. The van der Waals surface area contributed by atoms with E-state index in [0.29, 0.717) is 31.4 Å². The Morgan fingerprint density at radius 2 is 2.08 bits per heavy atom. The summed E-state index contributed by atoms with van der Waals surface area (Å²) < 4.78 is 7.42. The van der Waals surface area contributed by atoms with Crippen molar-refractivity contribution in [1.82, 2.24) is 29.5 Å². The maximum atomic E-state index is 13.1. The first-order valence-corrected chi connectivity index (χ1v) is 9.23. The number of amides is 1. The minimum Gasteiger partial charge on any atom is -0.377 e. The Morgan fingerprint density at radius 1 is 1.27 bits per heavy atom. The Balaban J connectivity index is 1.52. The number of carbonyl (C=O) groups is 1. The molecule has 2 aromatic rings. The maximum absolute atomic E-state index is 13.1. The van der Waals surface area contributed by atoms with E-state index in [-0.39, 0.29) is 11.9 Å². The molecule has 0 bridgehead atoms. The minimum absolute atomic E-state index is 0.0221. The molecule has 0 saturated carbocycles. The summed E-state index contributed by atoms with van der Waals surface area (Å²) in [5, 5.41) is 4.23. The lowest BCUT2D eigenvalue weighted by Crippen LogP contribution is -2.44. The van der Waals surface area contributed by atoms with Crippen LogP contribution in [0.15, 0.2) is 18.5 Å². The second-order valence-electron chi connectivity index (χ2n) is 7.23. The van der Waals surface area contributed by atoms with Crippen LogP contribution in [0.3, 0.4) is 0 Å².